The van der Waals surface area contributed by atoms with Crippen LogP contribution in [-0.2, 0) is 0 Å². The van der Waals surface area contributed by atoms with Gasteiger partial charge < -0.3 is 9.47 Å². The van der Waals surface area contributed by atoms with Gasteiger partial charge in [-0.3, -0.25) is 15.3 Å². The van der Waals surface area contributed by atoms with E-state index in [0.717, 1.165) is 0 Å². The Morgan fingerprint density at radius 1 is 1.40 bits per heavy atom. The maximum Gasteiger partial charge on any atom is 0.270 e. The largest absolute Gasteiger partial charge is 0.495 e. The lowest BCUT2D eigenvalue weighted by atomic mass is 10.2. The van der Waals surface area contributed by atoms with E-state index in [1.807, 2.05) is 0 Å². The van der Waals surface area contributed by atoms with E-state index in [0.29, 0.717) is 21.5 Å². The van der Waals surface area contributed by atoms with Crippen molar-refractivity contribution < 1.29 is 14.3 Å². The van der Waals surface area contributed by atoms with Gasteiger partial charge in [-0.15, -0.1) is 0 Å². The minimum absolute atomic E-state index is 0.286. The number of carbonyl (C=O) groups excluding carboxylic acids is 1. The first-order valence-electron chi connectivity index (χ1n) is 5.41. The second-order valence-corrected chi connectivity index (χ2v) is 4.85. The Hall–Kier alpha value is -1.87. The summed E-state index contributed by atoms with van der Waals surface area (Å²) >= 11 is 8.28. The molecular weight excluding hydrogens is 348 g/mol. The lowest BCUT2D eigenvalue weighted by Gasteiger charge is -2.11. The Bertz CT molecular complexity index is 672. The molecule has 2 N–H and O–H groups in total. The van der Waals surface area contributed by atoms with Crippen molar-refractivity contribution in [1.29, 1.82) is 0 Å². The molecule has 20 heavy (non-hydrogen) atoms. The van der Waals surface area contributed by atoms with E-state index in [9.17, 15) is 4.79 Å². The van der Waals surface area contributed by atoms with Crippen molar-refractivity contribution in [1.82, 2.24) is 14.9 Å². The second kappa shape index (κ2) is 6.06. The number of benzene rings is 1. The van der Waals surface area contributed by atoms with Gasteiger partial charge in [0.15, 0.2) is 0 Å². The summed E-state index contributed by atoms with van der Waals surface area (Å²) in [6.07, 6.45) is 1.37. The van der Waals surface area contributed by atoms with Crippen molar-refractivity contribution in [3.05, 3.63) is 33.3 Å². The van der Waals surface area contributed by atoms with Crippen LogP contribution in [0.4, 0.5) is 0 Å². The number of nitrogens with one attached hydrogen (secondary N) is 2. The first-order valence-corrected chi connectivity index (χ1v) is 6.62. The summed E-state index contributed by atoms with van der Waals surface area (Å²) in [5.41, 5.74) is 2.95. The zero-order valence-corrected chi connectivity index (χ0v) is 13.0. The van der Waals surface area contributed by atoms with Crippen LogP contribution in [0.3, 0.4) is 0 Å². The summed E-state index contributed by atoms with van der Waals surface area (Å²) in [5, 5.41) is 6.25. The maximum atomic E-state index is 12.2. The Balaban J connectivity index is 2.35. The van der Waals surface area contributed by atoms with Crippen LogP contribution in [0, 0.1) is 4.77 Å². The molecule has 2 rings (SSSR count). The molecule has 0 fully saturated rings. The van der Waals surface area contributed by atoms with Crippen LogP contribution in [0.5, 0.6) is 11.5 Å². The lowest BCUT2D eigenvalue weighted by molar-refractivity contribution is 0.101. The van der Waals surface area contributed by atoms with Crippen molar-refractivity contribution >= 4 is 34.1 Å². The summed E-state index contributed by atoms with van der Waals surface area (Å²) in [7, 11) is 3.01. The Morgan fingerprint density at radius 3 is 2.45 bits per heavy atom. The summed E-state index contributed by atoms with van der Waals surface area (Å²) in [6, 6.07) is 3.18. The number of nitrogens with zero attached hydrogens (tertiary/aromatic N) is 2. The molecule has 0 aliphatic carbocycles. The molecule has 0 radical (unpaired) electrons. The maximum absolute atomic E-state index is 12.2. The van der Waals surface area contributed by atoms with Crippen LogP contribution in [0.2, 0.25) is 0 Å². The van der Waals surface area contributed by atoms with E-state index in [4.69, 9.17) is 21.7 Å². The Kier molecular flexibility index (Phi) is 4.40. The lowest BCUT2D eigenvalue weighted by Crippen LogP contribution is -2.22. The molecule has 0 bridgehead atoms. The normalized spacial score (nSPS) is 10.2. The number of carbonyl (C=O) groups is 1. The number of amides is 1. The van der Waals surface area contributed by atoms with Crippen molar-refractivity contribution in [2.45, 2.75) is 0 Å². The number of halogens is 1. The fourth-order valence-corrected chi connectivity index (χ4v) is 2.20. The van der Waals surface area contributed by atoms with E-state index in [1.165, 1.54) is 25.2 Å². The SMILES string of the molecule is COc1cc(C(=O)Nn2cn[nH]c2=S)cc(OC)c1Br. The number of H-pyrrole nitrogens is 1. The molecule has 7 nitrogen and oxygen atoms in total. The summed E-state index contributed by atoms with van der Waals surface area (Å²) in [4.78, 5) is 12.2. The molecule has 0 unspecified atom stereocenters. The van der Waals surface area contributed by atoms with Gasteiger partial charge in [-0.2, -0.15) is 5.10 Å². The number of hydrogen-bond acceptors (Lipinski definition) is 5. The molecule has 0 spiro atoms. The number of methoxy groups -OCH3 is 2. The topological polar surface area (TPSA) is 81.2 Å². The number of rotatable bonds is 4. The van der Waals surface area contributed by atoms with Crippen LogP contribution in [0.15, 0.2) is 22.9 Å². The Morgan fingerprint density at radius 2 is 2.00 bits per heavy atom. The zero-order chi connectivity index (χ0) is 14.7. The highest BCUT2D eigenvalue weighted by Gasteiger charge is 2.15. The molecule has 106 valence electrons. The van der Waals surface area contributed by atoms with Crippen LogP contribution < -0.4 is 14.9 Å². The molecule has 1 amide bonds. The van der Waals surface area contributed by atoms with E-state index in [1.54, 1.807) is 12.1 Å². The first-order chi connectivity index (χ1) is 9.56. The third-order valence-electron chi connectivity index (χ3n) is 2.48. The Labute approximate surface area is 128 Å². The number of hydrogen-bond donors (Lipinski definition) is 2. The zero-order valence-electron chi connectivity index (χ0n) is 10.6. The summed E-state index contributed by atoms with van der Waals surface area (Å²) < 4.78 is 12.6. The monoisotopic (exact) mass is 358 g/mol. The van der Waals surface area contributed by atoms with Gasteiger partial charge in [-0.25, -0.2) is 4.68 Å². The molecular formula is C11H11BrN4O3S. The summed E-state index contributed by atoms with van der Waals surface area (Å²) in [6.45, 7) is 0. The van der Waals surface area contributed by atoms with Crippen LogP contribution in [-0.4, -0.2) is 35.0 Å². The summed E-state index contributed by atoms with van der Waals surface area (Å²) in [5.74, 6) is 0.613. The predicted octanol–water partition coefficient (Wildman–Crippen LogP) is 2.10. The van der Waals surface area contributed by atoms with E-state index in [2.05, 4.69) is 31.6 Å². The molecule has 0 saturated heterocycles. The van der Waals surface area contributed by atoms with Crippen molar-refractivity contribution in [3.8, 4) is 11.5 Å². The van der Waals surface area contributed by atoms with Gasteiger partial charge >= 0.3 is 0 Å². The van der Waals surface area contributed by atoms with E-state index < -0.39 is 0 Å². The minimum atomic E-state index is -0.369. The van der Waals surface area contributed by atoms with Crippen molar-refractivity contribution in [2.24, 2.45) is 0 Å². The van der Waals surface area contributed by atoms with Gasteiger partial charge in [0.1, 0.15) is 22.3 Å². The smallest absolute Gasteiger partial charge is 0.270 e. The molecule has 0 saturated carbocycles. The number of ether oxygens (including phenoxy) is 2. The highest BCUT2D eigenvalue weighted by atomic mass is 79.9. The third-order valence-corrected chi connectivity index (χ3v) is 3.55. The molecule has 2 aromatic rings. The third kappa shape index (κ3) is 2.83. The van der Waals surface area contributed by atoms with Crippen LogP contribution >= 0.6 is 28.1 Å². The highest BCUT2D eigenvalue weighted by molar-refractivity contribution is 9.10. The first kappa shape index (κ1) is 14.5. The van der Waals surface area contributed by atoms with Crippen molar-refractivity contribution in [2.75, 3.05) is 19.6 Å². The quantitative estimate of drug-likeness (QED) is 0.818. The molecule has 1 aromatic heterocycles. The highest BCUT2D eigenvalue weighted by Crippen LogP contribution is 2.35. The van der Waals surface area contributed by atoms with Gasteiger partial charge in [0.25, 0.3) is 5.91 Å². The molecule has 0 aliphatic rings. The van der Waals surface area contributed by atoms with Gasteiger partial charge in [0.2, 0.25) is 4.77 Å². The standard InChI is InChI=1S/C11H11BrN4O3S/c1-18-7-3-6(4-8(19-2)9(7)12)10(17)15-16-5-13-14-11(16)20/h3-5H,1-2H3,(H,14,20)(H,15,17). The van der Waals surface area contributed by atoms with Gasteiger partial charge in [-0.05, 0) is 40.3 Å². The minimum Gasteiger partial charge on any atom is -0.495 e. The molecule has 1 aromatic carbocycles. The second-order valence-electron chi connectivity index (χ2n) is 3.67. The average molecular weight is 359 g/mol. The van der Waals surface area contributed by atoms with Gasteiger partial charge in [0, 0.05) is 5.56 Å². The van der Waals surface area contributed by atoms with E-state index in [-0.39, 0.29) is 10.7 Å². The van der Waals surface area contributed by atoms with Crippen LogP contribution in [0.1, 0.15) is 10.4 Å². The molecule has 0 atom stereocenters. The van der Waals surface area contributed by atoms with E-state index >= 15 is 0 Å². The number of aromatic amines is 1. The fraction of sp³-hybridized carbons (Fsp3) is 0.182. The van der Waals surface area contributed by atoms with Gasteiger partial charge in [0.05, 0.1) is 14.2 Å². The van der Waals surface area contributed by atoms with Gasteiger partial charge in [-0.1, -0.05) is 0 Å². The molecule has 0 aliphatic heterocycles. The number of aromatic nitrogens is 3. The molecule has 1 heterocycles. The molecule has 9 heteroatoms. The predicted molar refractivity (Wildman–Crippen MR) is 78.3 cm³/mol. The van der Waals surface area contributed by atoms with Crippen molar-refractivity contribution in [3.63, 3.8) is 0 Å². The average Bonchev–Trinajstić information content (AvgIpc) is 2.84. The fourth-order valence-electron chi connectivity index (χ4n) is 1.50. The van der Waals surface area contributed by atoms with Crippen LogP contribution in [0.25, 0.3) is 0 Å².